The van der Waals surface area contributed by atoms with Crippen molar-refractivity contribution >= 4 is 28.1 Å². The van der Waals surface area contributed by atoms with E-state index in [1.54, 1.807) is 0 Å². The second-order valence-corrected chi connectivity index (χ2v) is 6.60. The predicted molar refractivity (Wildman–Crippen MR) is 103 cm³/mol. The molecule has 0 atom stereocenters. The number of nitrogens with zero attached hydrogens (tertiary/aromatic N) is 3. The fourth-order valence-electron chi connectivity index (χ4n) is 3.64. The van der Waals surface area contributed by atoms with Gasteiger partial charge < -0.3 is 24.2 Å². The quantitative estimate of drug-likeness (QED) is 0.591. The van der Waals surface area contributed by atoms with Crippen molar-refractivity contribution in [3.8, 4) is 22.9 Å². The summed E-state index contributed by atoms with van der Waals surface area (Å²) in [5.41, 5.74) is 9.92. The first-order valence-electron chi connectivity index (χ1n) is 9.19. The van der Waals surface area contributed by atoms with Gasteiger partial charge in [-0.2, -0.15) is 4.98 Å². The predicted octanol–water partition coefficient (Wildman–Crippen LogP) is 4.00. The van der Waals surface area contributed by atoms with Gasteiger partial charge in [0, 0.05) is 24.2 Å². The second kappa shape index (κ2) is 6.19. The minimum Gasteiger partial charge on any atom is -0.494 e. The van der Waals surface area contributed by atoms with Crippen molar-refractivity contribution in [2.75, 3.05) is 18.9 Å². The van der Waals surface area contributed by atoms with Gasteiger partial charge >= 0.3 is 0 Å². The number of ether oxygens (including phenoxy) is 2. The van der Waals surface area contributed by atoms with Crippen molar-refractivity contribution in [2.45, 2.75) is 26.3 Å². The average Bonchev–Trinajstić information content (AvgIpc) is 3.18. The third kappa shape index (κ3) is 2.66. The van der Waals surface area contributed by atoms with Crippen LogP contribution in [-0.4, -0.2) is 27.7 Å². The Kier molecular flexibility index (Phi) is 3.67. The van der Waals surface area contributed by atoms with Crippen LogP contribution in [0, 0.1) is 0 Å². The third-order valence-corrected chi connectivity index (χ3v) is 4.79. The van der Waals surface area contributed by atoms with Crippen LogP contribution in [0.1, 0.15) is 19.8 Å². The van der Waals surface area contributed by atoms with E-state index in [2.05, 4.69) is 9.55 Å². The molecule has 0 fully saturated rings. The molecule has 5 rings (SSSR count). The van der Waals surface area contributed by atoms with E-state index in [-0.39, 0.29) is 6.01 Å². The van der Waals surface area contributed by atoms with Gasteiger partial charge in [-0.3, -0.25) is 0 Å². The molecule has 0 saturated carbocycles. The minimum atomic E-state index is 0.169. The van der Waals surface area contributed by atoms with Crippen molar-refractivity contribution in [3.63, 3.8) is 0 Å². The monoisotopic (exact) mass is 364 g/mol. The number of oxazole rings is 1. The van der Waals surface area contributed by atoms with E-state index < -0.39 is 0 Å². The smallest absolute Gasteiger partial charge is 0.292 e. The van der Waals surface area contributed by atoms with Crippen LogP contribution in [0.2, 0.25) is 0 Å². The van der Waals surface area contributed by atoms with Crippen LogP contribution in [0.15, 0.2) is 34.7 Å². The van der Waals surface area contributed by atoms with E-state index in [0.717, 1.165) is 58.8 Å². The zero-order chi connectivity index (χ0) is 18.4. The molecule has 1 aliphatic heterocycles. The molecule has 1 aliphatic rings. The number of anilines is 1. The van der Waals surface area contributed by atoms with E-state index in [0.29, 0.717) is 18.8 Å². The molecule has 4 aromatic rings. The average molecular weight is 364 g/mol. The summed E-state index contributed by atoms with van der Waals surface area (Å²) in [7, 11) is 0. The van der Waals surface area contributed by atoms with E-state index in [4.69, 9.17) is 24.6 Å². The summed E-state index contributed by atoms with van der Waals surface area (Å²) in [6.07, 6.45) is 2.03. The Morgan fingerprint density at radius 2 is 2.07 bits per heavy atom. The summed E-state index contributed by atoms with van der Waals surface area (Å²) in [5, 5.41) is 0. The first kappa shape index (κ1) is 16.0. The Morgan fingerprint density at radius 1 is 1.15 bits per heavy atom. The fraction of sp³-hybridized carbons (Fsp3) is 0.300. The largest absolute Gasteiger partial charge is 0.494 e. The van der Waals surface area contributed by atoms with E-state index in [1.165, 1.54) is 0 Å². The highest BCUT2D eigenvalue weighted by molar-refractivity contribution is 5.89. The summed E-state index contributed by atoms with van der Waals surface area (Å²) < 4.78 is 19.3. The highest BCUT2D eigenvalue weighted by Gasteiger charge is 2.20. The Hall–Kier alpha value is -3.22. The Morgan fingerprint density at radius 3 is 2.96 bits per heavy atom. The van der Waals surface area contributed by atoms with Crippen LogP contribution < -0.4 is 15.2 Å². The van der Waals surface area contributed by atoms with E-state index >= 15 is 0 Å². The number of rotatable bonds is 3. The number of nitrogens with two attached hydrogens (primary N) is 1. The summed E-state index contributed by atoms with van der Waals surface area (Å²) >= 11 is 0. The molecule has 3 heterocycles. The molecule has 2 N–H and O–H groups in total. The number of aryl methyl sites for hydroxylation is 1. The van der Waals surface area contributed by atoms with Gasteiger partial charge in [0.1, 0.15) is 28.4 Å². The minimum absolute atomic E-state index is 0.169. The lowest BCUT2D eigenvalue weighted by molar-refractivity contribution is 0.294. The van der Waals surface area contributed by atoms with Crippen LogP contribution in [0.3, 0.4) is 0 Å². The maximum absolute atomic E-state index is 6.03. The van der Waals surface area contributed by atoms with E-state index in [1.807, 2.05) is 37.3 Å². The van der Waals surface area contributed by atoms with Crippen molar-refractivity contribution < 1.29 is 13.9 Å². The van der Waals surface area contributed by atoms with Crippen LogP contribution >= 0.6 is 0 Å². The molecule has 0 bridgehead atoms. The summed E-state index contributed by atoms with van der Waals surface area (Å²) in [4.78, 5) is 9.15. The molecule has 0 aliphatic carbocycles. The van der Waals surface area contributed by atoms with Gasteiger partial charge in [0.05, 0.1) is 18.7 Å². The molecule has 2 aromatic heterocycles. The topological polar surface area (TPSA) is 88.3 Å². The first-order valence-corrected chi connectivity index (χ1v) is 9.19. The molecule has 0 unspecified atom stereocenters. The summed E-state index contributed by atoms with van der Waals surface area (Å²) in [6, 6.07) is 9.93. The van der Waals surface area contributed by atoms with Crippen LogP contribution in [0.4, 0.5) is 6.01 Å². The van der Waals surface area contributed by atoms with E-state index in [9.17, 15) is 0 Å². The second-order valence-electron chi connectivity index (χ2n) is 6.60. The van der Waals surface area contributed by atoms with Crippen molar-refractivity contribution in [1.82, 2.24) is 14.5 Å². The molecule has 0 saturated heterocycles. The molecular weight excluding hydrogens is 344 g/mol. The lowest BCUT2D eigenvalue weighted by atomic mass is 10.2. The highest BCUT2D eigenvalue weighted by atomic mass is 16.5. The number of hydrogen-bond donors (Lipinski definition) is 1. The number of aromatic nitrogens is 3. The molecule has 7 heteroatoms. The third-order valence-electron chi connectivity index (χ3n) is 4.79. The maximum atomic E-state index is 6.03. The van der Waals surface area contributed by atoms with Gasteiger partial charge in [0.25, 0.3) is 6.01 Å². The lowest BCUT2D eigenvalue weighted by Gasteiger charge is -2.17. The van der Waals surface area contributed by atoms with Crippen molar-refractivity contribution in [1.29, 1.82) is 0 Å². The van der Waals surface area contributed by atoms with Gasteiger partial charge in [-0.25, -0.2) is 4.98 Å². The van der Waals surface area contributed by atoms with Gasteiger partial charge in [-0.1, -0.05) is 0 Å². The van der Waals surface area contributed by atoms with Gasteiger partial charge in [0.15, 0.2) is 5.58 Å². The number of benzene rings is 2. The molecule has 0 amide bonds. The number of fused-ring (bicyclic) bond motifs is 1. The van der Waals surface area contributed by atoms with Crippen LogP contribution in [0.25, 0.3) is 33.5 Å². The lowest BCUT2D eigenvalue weighted by Crippen LogP contribution is -2.09. The number of nitrogen functional groups attached to an aromatic ring is 1. The van der Waals surface area contributed by atoms with Crippen LogP contribution in [-0.2, 0) is 6.54 Å². The summed E-state index contributed by atoms with van der Waals surface area (Å²) in [5.74, 6) is 2.48. The van der Waals surface area contributed by atoms with Crippen molar-refractivity contribution in [2.24, 2.45) is 0 Å². The molecule has 27 heavy (non-hydrogen) atoms. The Labute approximate surface area is 155 Å². The van der Waals surface area contributed by atoms with Gasteiger partial charge in [-0.05, 0) is 38.0 Å². The Balaban J connectivity index is 1.74. The molecule has 7 nitrogen and oxygen atoms in total. The number of hydrogen-bond acceptors (Lipinski definition) is 6. The highest BCUT2D eigenvalue weighted by Crippen LogP contribution is 2.37. The molecule has 0 spiro atoms. The molecular formula is C20H20N4O3. The zero-order valence-electron chi connectivity index (χ0n) is 15.1. The standard InChI is InChI=1S/C20H20N4O3/c1-2-25-13-10-15-18-17(11-13)26-8-4-3-7-24(18)19(22-15)12-5-6-16-14(9-12)23-20(21)27-16/h5-6,9-11H,2-4,7-8H2,1H3,(H2,21,23). The zero-order valence-corrected chi connectivity index (χ0v) is 15.1. The SMILES string of the molecule is CCOc1cc2c3c(c1)nc(-c1ccc4oc(N)nc4c1)n3CCCCO2. The molecule has 0 radical (unpaired) electrons. The van der Waals surface area contributed by atoms with Gasteiger partial charge in [0.2, 0.25) is 0 Å². The maximum Gasteiger partial charge on any atom is 0.292 e. The molecule has 2 aromatic carbocycles. The fourth-order valence-corrected chi connectivity index (χ4v) is 3.64. The number of imidazole rings is 1. The van der Waals surface area contributed by atoms with Crippen molar-refractivity contribution in [3.05, 3.63) is 30.3 Å². The van der Waals surface area contributed by atoms with Crippen LogP contribution in [0.5, 0.6) is 11.5 Å². The normalized spacial score (nSPS) is 14.1. The summed E-state index contributed by atoms with van der Waals surface area (Å²) in [6.45, 7) is 4.16. The molecule has 138 valence electrons. The van der Waals surface area contributed by atoms with Gasteiger partial charge in [-0.15, -0.1) is 0 Å². The first-order chi connectivity index (χ1) is 13.2. The Bertz CT molecular complexity index is 1150.